The normalized spacial score (nSPS) is 16.4. The molecule has 0 radical (unpaired) electrons. The number of rotatable bonds is 2. The number of hydrogen-bond acceptors (Lipinski definition) is 2. The van der Waals surface area contributed by atoms with Gasteiger partial charge in [-0.25, -0.2) is 0 Å². The Balaban J connectivity index is 2.33. The van der Waals surface area contributed by atoms with Gasteiger partial charge in [0.2, 0.25) is 0 Å². The van der Waals surface area contributed by atoms with Crippen LogP contribution in [0.2, 0.25) is 0 Å². The van der Waals surface area contributed by atoms with E-state index in [1.54, 1.807) is 0 Å². The Hall–Kier alpha value is -1.02. The van der Waals surface area contributed by atoms with Crippen molar-refractivity contribution in [1.82, 2.24) is 4.90 Å². The van der Waals surface area contributed by atoms with Crippen LogP contribution >= 0.6 is 0 Å². The van der Waals surface area contributed by atoms with Crippen molar-refractivity contribution in [3.05, 3.63) is 29.3 Å². The highest BCUT2D eigenvalue weighted by molar-refractivity contribution is 5.41. The first-order chi connectivity index (χ1) is 6.81. The third-order valence-electron chi connectivity index (χ3n) is 2.72. The predicted octanol–water partition coefficient (Wildman–Crippen LogP) is 2.07. The largest absolute Gasteiger partial charge is 0.494 e. The summed E-state index contributed by atoms with van der Waals surface area (Å²) in [6.07, 6.45) is 1.15. The SMILES string of the molecule is CCOc1cccc2c1CN(C)CC2. The van der Waals surface area contributed by atoms with Gasteiger partial charge in [0, 0.05) is 18.7 Å². The lowest BCUT2D eigenvalue weighted by molar-refractivity contribution is 0.289. The molecule has 0 amide bonds. The van der Waals surface area contributed by atoms with Crippen molar-refractivity contribution in [2.45, 2.75) is 19.9 Å². The van der Waals surface area contributed by atoms with Crippen LogP contribution in [-0.2, 0) is 13.0 Å². The Labute approximate surface area is 85.5 Å². The molecule has 0 bridgehead atoms. The number of ether oxygens (including phenoxy) is 1. The molecule has 0 N–H and O–H groups in total. The molecular weight excluding hydrogens is 174 g/mol. The van der Waals surface area contributed by atoms with E-state index in [1.165, 1.54) is 11.1 Å². The highest BCUT2D eigenvalue weighted by atomic mass is 16.5. The maximum Gasteiger partial charge on any atom is 0.124 e. The second-order valence-electron chi connectivity index (χ2n) is 3.81. The number of benzene rings is 1. The van der Waals surface area contributed by atoms with Gasteiger partial charge in [-0.1, -0.05) is 12.1 Å². The van der Waals surface area contributed by atoms with Gasteiger partial charge in [0.25, 0.3) is 0 Å². The van der Waals surface area contributed by atoms with Gasteiger partial charge in [0.05, 0.1) is 6.61 Å². The van der Waals surface area contributed by atoms with E-state index < -0.39 is 0 Å². The van der Waals surface area contributed by atoms with Gasteiger partial charge in [-0.15, -0.1) is 0 Å². The summed E-state index contributed by atoms with van der Waals surface area (Å²) in [6.45, 7) is 4.96. The van der Waals surface area contributed by atoms with Crippen LogP contribution in [0.25, 0.3) is 0 Å². The minimum Gasteiger partial charge on any atom is -0.494 e. The summed E-state index contributed by atoms with van der Waals surface area (Å²) in [6, 6.07) is 6.38. The zero-order valence-corrected chi connectivity index (χ0v) is 8.92. The first-order valence-corrected chi connectivity index (χ1v) is 5.23. The molecule has 0 saturated carbocycles. The van der Waals surface area contributed by atoms with E-state index in [9.17, 15) is 0 Å². The lowest BCUT2D eigenvalue weighted by atomic mass is 9.99. The van der Waals surface area contributed by atoms with E-state index in [-0.39, 0.29) is 0 Å². The number of fused-ring (bicyclic) bond motifs is 1. The van der Waals surface area contributed by atoms with Crippen LogP contribution in [0.15, 0.2) is 18.2 Å². The van der Waals surface area contributed by atoms with Crippen molar-refractivity contribution in [2.24, 2.45) is 0 Å². The van der Waals surface area contributed by atoms with Gasteiger partial charge in [-0.05, 0) is 32.0 Å². The first kappa shape index (κ1) is 9.53. The van der Waals surface area contributed by atoms with E-state index in [4.69, 9.17) is 4.74 Å². The molecule has 0 saturated heterocycles. The summed E-state index contributed by atoms with van der Waals surface area (Å²) in [5.74, 6) is 1.07. The Bertz CT molecular complexity index is 322. The van der Waals surface area contributed by atoms with E-state index in [2.05, 4.69) is 30.1 Å². The minimum atomic E-state index is 0.750. The minimum absolute atomic E-state index is 0.750. The summed E-state index contributed by atoms with van der Waals surface area (Å²) in [4.78, 5) is 2.34. The molecule has 0 unspecified atom stereocenters. The van der Waals surface area contributed by atoms with Gasteiger partial charge in [-0.2, -0.15) is 0 Å². The van der Waals surface area contributed by atoms with Crippen molar-refractivity contribution in [3.63, 3.8) is 0 Å². The molecule has 2 heteroatoms. The molecule has 1 aliphatic rings. The van der Waals surface area contributed by atoms with Crippen LogP contribution in [0.5, 0.6) is 5.75 Å². The number of likely N-dealkylation sites (N-methyl/N-ethyl adjacent to an activating group) is 1. The number of hydrogen-bond donors (Lipinski definition) is 0. The monoisotopic (exact) mass is 191 g/mol. The van der Waals surface area contributed by atoms with Crippen LogP contribution in [0.4, 0.5) is 0 Å². The molecule has 0 aromatic heterocycles. The van der Waals surface area contributed by atoms with Crippen molar-refractivity contribution < 1.29 is 4.74 Å². The maximum atomic E-state index is 5.63. The molecule has 1 aromatic rings. The molecule has 1 heterocycles. The van der Waals surface area contributed by atoms with Crippen LogP contribution in [-0.4, -0.2) is 25.1 Å². The second kappa shape index (κ2) is 4.01. The van der Waals surface area contributed by atoms with Gasteiger partial charge in [-0.3, -0.25) is 0 Å². The fourth-order valence-corrected chi connectivity index (χ4v) is 1.98. The molecule has 76 valence electrons. The van der Waals surface area contributed by atoms with E-state index >= 15 is 0 Å². The Kier molecular flexibility index (Phi) is 2.73. The lowest BCUT2D eigenvalue weighted by Crippen LogP contribution is -2.26. The summed E-state index contributed by atoms with van der Waals surface area (Å²) in [5, 5.41) is 0. The van der Waals surface area contributed by atoms with Gasteiger partial charge >= 0.3 is 0 Å². The molecule has 1 aromatic carbocycles. The fraction of sp³-hybridized carbons (Fsp3) is 0.500. The summed E-state index contributed by atoms with van der Waals surface area (Å²) in [5.41, 5.74) is 2.83. The number of nitrogens with zero attached hydrogens (tertiary/aromatic N) is 1. The Morgan fingerprint density at radius 2 is 2.29 bits per heavy atom. The van der Waals surface area contributed by atoms with E-state index in [1.807, 2.05) is 6.92 Å². The fourth-order valence-electron chi connectivity index (χ4n) is 1.98. The first-order valence-electron chi connectivity index (χ1n) is 5.23. The quantitative estimate of drug-likeness (QED) is 0.709. The van der Waals surface area contributed by atoms with Gasteiger partial charge in [0.15, 0.2) is 0 Å². The summed E-state index contributed by atoms with van der Waals surface area (Å²) >= 11 is 0. The highest BCUT2D eigenvalue weighted by Crippen LogP contribution is 2.27. The van der Waals surface area contributed by atoms with Crippen molar-refractivity contribution in [2.75, 3.05) is 20.2 Å². The average Bonchev–Trinajstić information content (AvgIpc) is 2.19. The van der Waals surface area contributed by atoms with Gasteiger partial charge in [0.1, 0.15) is 5.75 Å². The van der Waals surface area contributed by atoms with Crippen LogP contribution in [0.3, 0.4) is 0 Å². The third kappa shape index (κ3) is 1.75. The molecule has 0 spiro atoms. The zero-order valence-electron chi connectivity index (χ0n) is 8.92. The van der Waals surface area contributed by atoms with Crippen LogP contribution < -0.4 is 4.74 Å². The van der Waals surface area contributed by atoms with Crippen LogP contribution in [0, 0.1) is 0 Å². The lowest BCUT2D eigenvalue weighted by Gasteiger charge is -2.26. The van der Waals surface area contributed by atoms with Crippen molar-refractivity contribution >= 4 is 0 Å². The van der Waals surface area contributed by atoms with E-state index in [0.29, 0.717) is 0 Å². The third-order valence-corrected chi connectivity index (χ3v) is 2.72. The molecule has 2 nitrogen and oxygen atoms in total. The highest BCUT2D eigenvalue weighted by Gasteiger charge is 2.16. The molecule has 14 heavy (non-hydrogen) atoms. The average molecular weight is 191 g/mol. The topological polar surface area (TPSA) is 12.5 Å². The molecule has 0 aliphatic carbocycles. The summed E-state index contributed by atoms with van der Waals surface area (Å²) < 4.78 is 5.63. The molecular formula is C12H17NO. The van der Waals surface area contributed by atoms with Gasteiger partial charge < -0.3 is 9.64 Å². The summed E-state index contributed by atoms with van der Waals surface area (Å²) in [7, 11) is 2.16. The molecule has 1 aliphatic heterocycles. The standard InChI is InChI=1S/C12H17NO/c1-3-14-12-6-4-5-10-7-8-13(2)9-11(10)12/h4-6H,3,7-9H2,1-2H3. The molecule has 2 rings (SSSR count). The van der Waals surface area contributed by atoms with E-state index in [0.717, 1.165) is 31.9 Å². The Morgan fingerprint density at radius 3 is 3.07 bits per heavy atom. The smallest absolute Gasteiger partial charge is 0.124 e. The maximum absolute atomic E-state index is 5.63. The molecule has 0 fully saturated rings. The zero-order chi connectivity index (χ0) is 9.97. The second-order valence-corrected chi connectivity index (χ2v) is 3.81. The Morgan fingerprint density at radius 1 is 1.43 bits per heavy atom. The van der Waals surface area contributed by atoms with Crippen molar-refractivity contribution in [1.29, 1.82) is 0 Å². The van der Waals surface area contributed by atoms with Crippen molar-refractivity contribution in [3.8, 4) is 5.75 Å². The molecule has 0 atom stereocenters. The van der Waals surface area contributed by atoms with Crippen LogP contribution in [0.1, 0.15) is 18.1 Å². The predicted molar refractivity (Wildman–Crippen MR) is 57.6 cm³/mol.